The molecule has 23 heavy (non-hydrogen) atoms. The van der Waals surface area contributed by atoms with Gasteiger partial charge in [-0.1, -0.05) is 30.3 Å². The SMILES string of the molecule is CN(C)CCCCC(=O)N(CCC(=O)O)OCc1ccccc1. The summed E-state index contributed by atoms with van der Waals surface area (Å²) in [6.45, 7) is 1.24. The standard InChI is InChI=1S/C17H26N2O4/c1-18(2)12-7-6-10-16(20)19(13-11-17(21)22)23-14-15-8-4-3-5-9-15/h3-5,8-9H,6-7,10-14H2,1-2H3,(H,21,22). The fourth-order valence-corrected chi connectivity index (χ4v) is 2.01. The van der Waals surface area contributed by atoms with Crippen molar-refractivity contribution < 1.29 is 19.5 Å². The van der Waals surface area contributed by atoms with E-state index in [0.717, 1.165) is 24.9 Å². The molecule has 0 bridgehead atoms. The van der Waals surface area contributed by atoms with Crippen LogP contribution in [0.3, 0.4) is 0 Å². The number of hydroxylamine groups is 2. The third kappa shape index (κ3) is 8.95. The van der Waals surface area contributed by atoms with Crippen molar-refractivity contribution in [2.45, 2.75) is 32.3 Å². The van der Waals surface area contributed by atoms with Crippen molar-refractivity contribution in [2.75, 3.05) is 27.2 Å². The van der Waals surface area contributed by atoms with E-state index >= 15 is 0 Å². The Labute approximate surface area is 137 Å². The Morgan fingerprint density at radius 2 is 1.74 bits per heavy atom. The van der Waals surface area contributed by atoms with Crippen LogP contribution in [-0.2, 0) is 21.0 Å². The van der Waals surface area contributed by atoms with Gasteiger partial charge in [0.1, 0.15) is 6.61 Å². The van der Waals surface area contributed by atoms with Crippen LogP contribution in [0.5, 0.6) is 0 Å². The number of hydrogen-bond donors (Lipinski definition) is 1. The fraction of sp³-hybridized carbons (Fsp3) is 0.529. The Morgan fingerprint density at radius 3 is 2.35 bits per heavy atom. The summed E-state index contributed by atoms with van der Waals surface area (Å²) in [5.74, 6) is -1.11. The molecule has 0 heterocycles. The van der Waals surface area contributed by atoms with E-state index in [1.165, 1.54) is 5.06 Å². The van der Waals surface area contributed by atoms with Crippen molar-refractivity contribution >= 4 is 11.9 Å². The molecule has 6 heteroatoms. The fourth-order valence-electron chi connectivity index (χ4n) is 2.01. The summed E-state index contributed by atoms with van der Waals surface area (Å²) in [5.41, 5.74) is 0.938. The zero-order valence-corrected chi connectivity index (χ0v) is 13.9. The van der Waals surface area contributed by atoms with Gasteiger partial charge in [0.2, 0.25) is 5.91 Å². The number of aliphatic carboxylic acids is 1. The monoisotopic (exact) mass is 322 g/mol. The van der Waals surface area contributed by atoms with Gasteiger partial charge in [-0.3, -0.25) is 14.4 Å². The number of carbonyl (C=O) groups excluding carboxylic acids is 1. The van der Waals surface area contributed by atoms with E-state index in [2.05, 4.69) is 4.90 Å². The topological polar surface area (TPSA) is 70.1 Å². The van der Waals surface area contributed by atoms with Crippen LogP contribution in [0.4, 0.5) is 0 Å². The second-order valence-corrected chi connectivity index (χ2v) is 5.66. The number of rotatable bonds is 11. The zero-order chi connectivity index (χ0) is 17.1. The molecule has 6 nitrogen and oxygen atoms in total. The van der Waals surface area contributed by atoms with E-state index in [4.69, 9.17) is 9.94 Å². The normalized spacial score (nSPS) is 10.7. The van der Waals surface area contributed by atoms with Gasteiger partial charge in [-0.15, -0.1) is 0 Å². The van der Waals surface area contributed by atoms with E-state index in [1.807, 2.05) is 44.4 Å². The Bertz CT molecular complexity index is 477. The highest BCUT2D eigenvalue weighted by molar-refractivity contribution is 5.76. The maximum Gasteiger partial charge on any atom is 0.305 e. The Morgan fingerprint density at radius 1 is 1.04 bits per heavy atom. The minimum atomic E-state index is -0.946. The number of carboxylic acid groups (broad SMARTS) is 1. The molecule has 0 aromatic heterocycles. The minimum Gasteiger partial charge on any atom is -0.481 e. The molecule has 1 aromatic rings. The highest BCUT2D eigenvalue weighted by atomic mass is 16.7. The molecule has 0 aliphatic rings. The molecule has 1 amide bonds. The minimum absolute atomic E-state index is 0.0642. The number of carboxylic acids is 1. The van der Waals surface area contributed by atoms with Crippen LogP contribution in [0, 0.1) is 0 Å². The summed E-state index contributed by atoms with van der Waals surface area (Å²) in [4.78, 5) is 30.5. The summed E-state index contributed by atoms with van der Waals surface area (Å²) in [7, 11) is 3.98. The van der Waals surface area contributed by atoms with Crippen LogP contribution in [0.25, 0.3) is 0 Å². The number of carbonyl (C=O) groups is 2. The molecule has 0 aliphatic carbocycles. The number of amides is 1. The molecule has 1 aromatic carbocycles. The van der Waals surface area contributed by atoms with Crippen LogP contribution in [0.2, 0.25) is 0 Å². The molecule has 1 N–H and O–H groups in total. The predicted octanol–water partition coefficient (Wildman–Crippen LogP) is 2.15. The van der Waals surface area contributed by atoms with Gasteiger partial charge in [0, 0.05) is 6.42 Å². The molecular formula is C17H26N2O4. The van der Waals surface area contributed by atoms with Crippen LogP contribution in [-0.4, -0.2) is 54.1 Å². The van der Waals surface area contributed by atoms with Crippen molar-refractivity contribution in [2.24, 2.45) is 0 Å². The van der Waals surface area contributed by atoms with Gasteiger partial charge in [0.05, 0.1) is 13.0 Å². The molecule has 0 atom stereocenters. The van der Waals surface area contributed by atoms with E-state index in [9.17, 15) is 9.59 Å². The van der Waals surface area contributed by atoms with Gasteiger partial charge in [0.15, 0.2) is 0 Å². The van der Waals surface area contributed by atoms with E-state index in [-0.39, 0.29) is 25.5 Å². The molecule has 128 valence electrons. The van der Waals surface area contributed by atoms with Crippen molar-refractivity contribution in [3.8, 4) is 0 Å². The summed E-state index contributed by atoms with van der Waals surface area (Å²) in [6.07, 6.45) is 1.92. The molecule has 0 unspecified atom stereocenters. The first-order valence-electron chi connectivity index (χ1n) is 7.82. The summed E-state index contributed by atoms with van der Waals surface area (Å²) in [5, 5.41) is 10.00. The molecular weight excluding hydrogens is 296 g/mol. The number of nitrogens with zero attached hydrogens (tertiary/aromatic N) is 2. The first-order chi connectivity index (χ1) is 11.0. The average molecular weight is 322 g/mol. The van der Waals surface area contributed by atoms with Crippen LogP contribution in [0.1, 0.15) is 31.2 Å². The molecule has 0 spiro atoms. The summed E-state index contributed by atoms with van der Waals surface area (Å²) < 4.78 is 0. The average Bonchev–Trinajstić information content (AvgIpc) is 2.52. The molecule has 0 saturated carbocycles. The molecule has 1 rings (SSSR count). The van der Waals surface area contributed by atoms with Gasteiger partial charge in [-0.2, -0.15) is 0 Å². The molecule has 0 radical (unpaired) electrons. The van der Waals surface area contributed by atoms with E-state index in [0.29, 0.717) is 6.42 Å². The smallest absolute Gasteiger partial charge is 0.305 e. The largest absolute Gasteiger partial charge is 0.481 e. The first-order valence-corrected chi connectivity index (χ1v) is 7.82. The van der Waals surface area contributed by atoms with Crippen LogP contribution < -0.4 is 0 Å². The van der Waals surface area contributed by atoms with Gasteiger partial charge in [-0.25, -0.2) is 5.06 Å². The van der Waals surface area contributed by atoms with E-state index in [1.54, 1.807) is 0 Å². The highest BCUT2D eigenvalue weighted by Crippen LogP contribution is 2.08. The lowest BCUT2D eigenvalue weighted by Crippen LogP contribution is -2.33. The van der Waals surface area contributed by atoms with Crippen LogP contribution >= 0.6 is 0 Å². The number of benzene rings is 1. The van der Waals surface area contributed by atoms with Gasteiger partial charge in [0.25, 0.3) is 0 Å². The van der Waals surface area contributed by atoms with Crippen LogP contribution in [0.15, 0.2) is 30.3 Å². The van der Waals surface area contributed by atoms with Gasteiger partial charge in [-0.05, 0) is 39.0 Å². The zero-order valence-electron chi connectivity index (χ0n) is 13.9. The van der Waals surface area contributed by atoms with E-state index < -0.39 is 5.97 Å². The maximum absolute atomic E-state index is 12.2. The third-order valence-corrected chi connectivity index (χ3v) is 3.28. The lowest BCUT2D eigenvalue weighted by atomic mass is 10.2. The third-order valence-electron chi connectivity index (χ3n) is 3.28. The van der Waals surface area contributed by atoms with Crippen molar-refractivity contribution in [3.63, 3.8) is 0 Å². The number of unbranched alkanes of at least 4 members (excludes halogenated alkanes) is 1. The quantitative estimate of drug-likeness (QED) is 0.499. The van der Waals surface area contributed by atoms with Crippen molar-refractivity contribution in [1.82, 2.24) is 9.96 Å². The lowest BCUT2D eigenvalue weighted by molar-refractivity contribution is -0.193. The lowest BCUT2D eigenvalue weighted by Gasteiger charge is -2.21. The van der Waals surface area contributed by atoms with Crippen molar-refractivity contribution in [3.05, 3.63) is 35.9 Å². The predicted molar refractivity (Wildman–Crippen MR) is 87.6 cm³/mol. The second kappa shape index (κ2) is 10.7. The number of hydrogen-bond acceptors (Lipinski definition) is 4. The van der Waals surface area contributed by atoms with Gasteiger partial charge < -0.3 is 10.0 Å². The molecule has 0 aliphatic heterocycles. The Balaban J connectivity index is 2.46. The molecule has 0 saturated heterocycles. The van der Waals surface area contributed by atoms with Crippen molar-refractivity contribution in [1.29, 1.82) is 0 Å². The summed E-state index contributed by atoms with van der Waals surface area (Å²) >= 11 is 0. The Hall–Kier alpha value is -1.92. The molecule has 0 fully saturated rings. The summed E-state index contributed by atoms with van der Waals surface area (Å²) in [6, 6.07) is 9.49. The maximum atomic E-state index is 12.2. The Kier molecular flexibility index (Phi) is 8.94. The van der Waals surface area contributed by atoms with Gasteiger partial charge >= 0.3 is 5.97 Å². The second-order valence-electron chi connectivity index (χ2n) is 5.66. The highest BCUT2D eigenvalue weighted by Gasteiger charge is 2.15. The first kappa shape index (κ1) is 19.1.